The molecule has 0 bridgehead atoms. The fourth-order valence-electron chi connectivity index (χ4n) is 1.41. The highest BCUT2D eigenvalue weighted by molar-refractivity contribution is 5.75. The number of aliphatic carboxylic acids is 1. The topological polar surface area (TPSA) is 75.1 Å². The third-order valence-electron chi connectivity index (χ3n) is 2.54. The lowest BCUT2D eigenvalue weighted by molar-refractivity contribution is -0.138. The quantitative estimate of drug-likeness (QED) is 0.768. The number of rotatable bonds is 4. The fourth-order valence-corrected chi connectivity index (χ4v) is 1.41. The van der Waals surface area contributed by atoms with Gasteiger partial charge in [0.2, 0.25) is 5.95 Å². The Bertz CT molecular complexity index is 363. The van der Waals surface area contributed by atoms with Gasteiger partial charge in [0.05, 0.1) is 5.92 Å². The van der Waals surface area contributed by atoms with Crippen molar-refractivity contribution in [2.45, 2.75) is 25.8 Å². The first-order valence-corrected chi connectivity index (χ1v) is 5.01. The molecule has 2 unspecified atom stereocenters. The van der Waals surface area contributed by atoms with Gasteiger partial charge in [-0.1, -0.05) is 6.92 Å². The number of carbonyl (C=O) groups is 1. The highest BCUT2D eigenvalue weighted by atomic mass is 16.4. The van der Waals surface area contributed by atoms with Gasteiger partial charge in [0, 0.05) is 18.4 Å². The molecule has 1 saturated carbocycles. The Balaban J connectivity index is 1.92. The highest BCUT2D eigenvalue weighted by Gasteiger charge is 2.43. The summed E-state index contributed by atoms with van der Waals surface area (Å²) in [5.41, 5.74) is 1.08. The number of hydrogen-bond donors (Lipinski definition) is 2. The van der Waals surface area contributed by atoms with Crippen LogP contribution in [0, 0.1) is 5.92 Å². The van der Waals surface area contributed by atoms with Crippen LogP contribution in [0.1, 0.15) is 18.9 Å². The first-order valence-electron chi connectivity index (χ1n) is 5.01. The molecular formula is C10H13N3O2. The van der Waals surface area contributed by atoms with Crippen molar-refractivity contribution in [2.75, 3.05) is 5.32 Å². The number of anilines is 1. The molecule has 1 heterocycles. The van der Waals surface area contributed by atoms with Crippen LogP contribution in [-0.2, 0) is 11.2 Å². The molecule has 15 heavy (non-hydrogen) atoms. The Morgan fingerprint density at radius 1 is 1.60 bits per heavy atom. The molecule has 2 rings (SSSR count). The summed E-state index contributed by atoms with van der Waals surface area (Å²) in [4.78, 5) is 18.8. The van der Waals surface area contributed by atoms with Gasteiger partial charge >= 0.3 is 5.97 Å². The van der Waals surface area contributed by atoms with Crippen molar-refractivity contribution < 1.29 is 9.90 Å². The molecule has 5 nitrogen and oxygen atoms in total. The molecular weight excluding hydrogens is 194 g/mol. The van der Waals surface area contributed by atoms with Gasteiger partial charge in [-0.05, 0) is 18.4 Å². The second-order valence-corrected chi connectivity index (χ2v) is 3.70. The van der Waals surface area contributed by atoms with E-state index in [1.54, 1.807) is 12.4 Å². The van der Waals surface area contributed by atoms with E-state index in [9.17, 15) is 4.79 Å². The van der Waals surface area contributed by atoms with Crippen LogP contribution >= 0.6 is 0 Å². The van der Waals surface area contributed by atoms with Crippen LogP contribution in [0.3, 0.4) is 0 Å². The number of carboxylic acid groups (broad SMARTS) is 1. The number of nitrogens with one attached hydrogen (secondary N) is 1. The zero-order valence-corrected chi connectivity index (χ0v) is 8.47. The van der Waals surface area contributed by atoms with Gasteiger partial charge in [0.25, 0.3) is 0 Å². The van der Waals surface area contributed by atoms with E-state index in [1.807, 2.05) is 6.92 Å². The normalized spacial score (nSPS) is 23.5. The lowest BCUT2D eigenvalue weighted by atomic mass is 10.3. The summed E-state index contributed by atoms with van der Waals surface area (Å²) in [6, 6.07) is -0.00465. The van der Waals surface area contributed by atoms with Crippen molar-refractivity contribution in [3.8, 4) is 0 Å². The summed E-state index contributed by atoms with van der Waals surface area (Å²) in [6.45, 7) is 2.03. The van der Waals surface area contributed by atoms with Gasteiger partial charge in [-0.25, -0.2) is 9.97 Å². The molecule has 1 aliphatic carbocycles. The molecule has 1 aromatic rings. The van der Waals surface area contributed by atoms with Crippen LogP contribution < -0.4 is 5.32 Å². The Hall–Kier alpha value is -1.65. The number of aromatic nitrogens is 2. The molecule has 1 aromatic heterocycles. The molecule has 0 spiro atoms. The molecule has 1 aliphatic rings. The van der Waals surface area contributed by atoms with Gasteiger partial charge < -0.3 is 10.4 Å². The van der Waals surface area contributed by atoms with Crippen molar-refractivity contribution in [1.29, 1.82) is 0 Å². The minimum Gasteiger partial charge on any atom is -0.481 e. The van der Waals surface area contributed by atoms with Crippen LogP contribution in [-0.4, -0.2) is 27.1 Å². The Morgan fingerprint density at radius 3 is 2.73 bits per heavy atom. The van der Waals surface area contributed by atoms with Crippen LogP contribution in [0.25, 0.3) is 0 Å². The average Bonchev–Trinajstić information content (AvgIpc) is 2.98. The molecule has 5 heteroatoms. The Kier molecular flexibility index (Phi) is 2.53. The number of aryl methyl sites for hydroxylation is 1. The summed E-state index contributed by atoms with van der Waals surface area (Å²) in [6.07, 6.45) is 5.08. The second-order valence-electron chi connectivity index (χ2n) is 3.70. The third-order valence-corrected chi connectivity index (χ3v) is 2.54. The fraction of sp³-hybridized carbons (Fsp3) is 0.500. The molecule has 0 aliphatic heterocycles. The van der Waals surface area contributed by atoms with E-state index in [0.717, 1.165) is 12.0 Å². The van der Waals surface area contributed by atoms with E-state index in [0.29, 0.717) is 12.4 Å². The van der Waals surface area contributed by atoms with Crippen LogP contribution in [0.5, 0.6) is 0 Å². The second kappa shape index (κ2) is 3.84. The van der Waals surface area contributed by atoms with E-state index < -0.39 is 5.97 Å². The average molecular weight is 207 g/mol. The van der Waals surface area contributed by atoms with E-state index >= 15 is 0 Å². The van der Waals surface area contributed by atoms with Crippen molar-refractivity contribution in [1.82, 2.24) is 9.97 Å². The van der Waals surface area contributed by atoms with Gasteiger partial charge in [0.1, 0.15) is 0 Å². The summed E-state index contributed by atoms with van der Waals surface area (Å²) in [5, 5.41) is 11.7. The van der Waals surface area contributed by atoms with E-state index in [1.165, 1.54) is 0 Å². The molecule has 2 N–H and O–H groups in total. The molecule has 0 aromatic carbocycles. The zero-order chi connectivity index (χ0) is 10.8. The predicted molar refractivity (Wildman–Crippen MR) is 54.6 cm³/mol. The number of carboxylic acids is 1. The highest BCUT2D eigenvalue weighted by Crippen LogP contribution is 2.32. The van der Waals surface area contributed by atoms with E-state index in [-0.39, 0.29) is 12.0 Å². The lowest BCUT2D eigenvalue weighted by Gasteiger charge is -2.02. The van der Waals surface area contributed by atoms with Crippen molar-refractivity contribution in [3.05, 3.63) is 18.0 Å². The maximum atomic E-state index is 10.6. The maximum Gasteiger partial charge on any atom is 0.308 e. The first kappa shape index (κ1) is 9.89. The van der Waals surface area contributed by atoms with Gasteiger partial charge in [-0.2, -0.15) is 0 Å². The third kappa shape index (κ3) is 2.23. The van der Waals surface area contributed by atoms with Gasteiger partial charge in [-0.15, -0.1) is 0 Å². The standard InChI is InChI=1S/C10H13N3O2/c1-2-6-4-11-10(12-5-6)13-8-3-7(8)9(14)15/h4-5,7-8H,2-3H2,1H3,(H,14,15)(H,11,12,13). The predicted octanol–water partition coefficient (Wildman–Crippen LogP) is 0.924. The maximum absolute atomic E-state index is 10.6. The Morgan fingerprint density at radius 2 is 2.27 bits per heavy atom. The SMILES string of the molecule is CCc1cnc(NC2CC2C(=O)O)nc1. The minimum absolute atomic E-state index is 0.00465. The summed E-state index contributed by atoms with van der Waals surface area (Å²) in [7, 11) is 0. The lowest BCUT2D eigenvalue weighted by Crippen LogP contribution is -2.12. The molecule has 0 saturated heterocycles. The van der Waals surface area contributed by atoms with E-state index in [2.05, 4.69) is 15.3 Å². The van der Waals surface area contributed by atoms with Gasteiger partial charge in [0.15, 0.2) is 0 Å². The van der Waals surface area contributed by atoms with Crippen LogP contribution in [0.2, 0.25) is 0 Å². The summed E-state index contributed by atoms with van der Waals surface area (Å²) >= 11 is 0. The largest absolute Gasteiger partial charge is 0.481 e. The molecule has 0 radical (unpaired) electrons. The summed E-state index contributed by atoms with van der Waals surface area (Å²) in [5.74, 6) is -0.516. The van der Waals surface area contributed by atoms with Crippen molar-refractivity contribution in [3.63, 3.8) is 0 Å². The number of nitrogens with zero attached hydrogens (tertiary/aromatic N) is 2. The molecule has 2 atom stereocenters. The smallest absolute Gasteiger partial charge is 0.308 e. The van der Waals surface area contributed by atoms with E-state index in [4.69, 9.17) is 5.11 Å². The van der Waals surface area contributed by atoms with Crippen molar-refractivity contribution >= 4 is 11.9 Å². The molecule has 0 amide bonds. The van der Waals surface area contributed by atoms with Crippen molar-refractivity contribution in [2.24, 2.45) is 5.92 Å². The minimum atomic E-state index is -0.752. The molecule has 1 fully saturated rings. The molecule has 80 valence electrons. The van der Waals surface area contributed by atoms with Crippen LogP contribution in [0.15, 0.2) is 12.4 Å². The monoisotopic (exact) mass is 207 g/mol. The number of hydrogen-bond acceptors (Lipinski definition) is 4. The van der Waals surface area contributed by atoms with Crippen LogP contribution in [0.4, 0.5) is 5.95 Å². The first-order chi connectivity index (χ1) is 7.20. The summed E-state index contributed by atoms with van der Waals surface area (Å²) < 4.78 is 0. The Labute approximate surface area is 87.6 Å². The van der Waals surface area contributed by atoms with Gasteiger partial charge in [-0.3, -0.25) is 4.79 Å². The zero-order valence-electron chi connectivity index (χ0n) is 8.47.